The first-order valence-corrected chi connectivity index (χ1v) is 7.71. The number of hydrogen-bond acceptors (Lipinski definition) is 4. The summed E-state index contributed by atoms with van der Waals surface area (Å²) in [5.74, 6) is 1.18. The van der Waals surface area contributed by atoms with E-state index in [1.54, 1.807) is 18.3 Å². The van der Waals surface area contributed by atoms with E-state index in [2.05, 4.69) is 18.8 Å². The van der Waals surface area contributed by atoms with Crippen LogP contribution in [0.25, 0.3) is 0 Å². The second-order valence-corrected chi connectivity index (χ2v) is 6.23. The lowest BCUT2D eigenvalue weighted by molar-refractivity contribution is 0.190. The third-order valence-electron chi connectivity index (χ3n) is 3.06. The van der Waals surface area contributed by atoms with E-state index in [1.807, 2.05) is 30.5 Å². The molecule has 0 amide bonds. The van der Waals surface area contributed by atoms with Crippen LogP contribution in [0.1, 0.15) is 54.6 Å². The number of rotatable bonds is 5. The van der Waals surface area contributed by atoms with Gasteiger partial charge in [-0.2, -0.15) is 0 Å². The number of thiazole rings is 1. The van der Waals surface area contributed by atoms with Gasteiger partial charge in [0.15, 0.2) is 0 Å². The van der Waals surface area contributed by atoms with Gasteiger partial charge in [0.1, 0.15) is 12.4 Å². The molecular formula is C16H21NO2S. The third-order valence-corrected chi connectivity index (χ3v) is 4.25. The molecule has 0 radical (unpaired) electrons. The highest BCUT2D eigenvalue weighted by atomic mass is 32.1. The average Bonchev–Trinajstić information content (AvgIpc) is 2.85. The van der Waals surface area contributed by atoms with Gasteiger partial charge in [-0.1, -0.05) is 26.0 Å². The van der Waals surface area contributed by atoms with Crippen molar-refractivity contribution in [2.45, 2.75) is 46.3 Å². The van der Waals surface area contributed by atoms with Crippen molar-refractivity contribution in [3.8, 4) is 5.75 Å². The number of ether oxygens (including phenoxy) is 1. The quantitative estimate of drug-likeness (QED) is 0.897. The highest BCUT2D eigenvalue weighted by molar-refractivity contribution is 7.09. The maximum Gasteiger partial charge on any atom is 0.131 e. The number of benzene rings is 1. The van der Waals surface area contributed by atoms with Crippen LogP contribution in [-0.4, -0.2) is 10.1 Å². The Bertz CT molecular complexity index is 576. The second kappa shape index (κ2) is 6.37. The van der Waals surface area contributed by atoms with Gasteiger partial charge in [-0.3, -0.25) is 0 Å². The molecule has 0 unspecified atom stereocenters. The predicted octanol–water partition coefficient (Wildman–Crippen LogP) is 4.21. The van der Waals surface area contributed by atoms with Crippen LogP contribution in [-0.2, 0) is 6.61 Å². The van der Waals surface area contributed by atoms with Gasteiger partial charge < -0.3 is 9.84 Å². The molecule has 1 heterocycles. The molecule has 0 fully saturated rings. The van der Waals surface area contributed by atoms with Crippen molar-refractivity contribution in [1.82, 2.24) is 4.98 Å². The molecule has 0 aliphatic heterocycles. The van der Waals surface area contributed by atoms with E-state index in [0.29, 0.717) is 12.5 Å². The number of nitrogens with zero attached hydrogens (tertiary/aromatic N) is 1. The molecule has 1 atom stereocenters. The number of aromatic nitrogens is 1. The Labute approximate surface area is 124 Å². The highest BCUT2D eigenvalue weighted by Crippen LogP contribution is 2.27. The van der Waals surface area contributed by atoms with Crippen LogP contribution in [0.15, 0.2) is 23.6 Å². The Morgan fingerprint density at radius 3 is 2.65 bits per heavy atom. The Hall–Kier alpha value is -1.39. The summed E-state index contributed by atoms with van der Waals surface area (Å²) in [6.45, 7) is 8.47. The molecule has 3 nitrogen and oxygen atoms in total. The Balaban J connectivity index is 2.11. The standard InChI is InChI=1S/C16H21NO2S/c1-10(2)16-17-13(9-20-16)8-19-15-7-11(3)5-6-14(15)12(4)18/h5-7,9-10,12,18H,8H2,1-4H3/t12-/m0/s1. The number of hydrogen-bond donors (Lipinski definition) is 1. The van der Waals surface area contributed by atoms with Gasteiger partial charge in [0.25, 0.3) is 0 Å². The van der Waals surface area contributed by atoms with Gasteiger partial charge in [0, 0.05) is 16.9 Å². The van der Waals surface area contributed by atoms with Crippen LogP contribution in [0.2, 0.25) is 0 Å². The van der Waals surface area contributed by atoms with Crippen molar-refractivity contribution in [1.29, 1.82) is 0 Å². The zero-order valence-corrected chi connectivity index (χ0v) is 13.2. The van der Waals surface area contributed by atoms with E-state index >= 15 is 0 Å². The fourth-order valence-electron chi connectivity index (χ4n) is 1.92. The minimum atomic E-state index is -0.535. The van der Waals surface area contributed by atoms with Gasteiger partial charge in [0.2, 0.25) is 0 Å². The molecule has 0 aliphatic rings. The number of aryl methyl sites for hydroxylation is 1. The van der Waals surface area contributed by atoms with Crippen LogP contribution in [0.4, 0.5) is 0 Å². The maximum absolute atomic E-state index is 9.78. The van der Waals surface area contributed by atoms with E-state index in [4.69, 9.17) is 4.74 Å². The molecule has 0 saturated heterocycles. The van der Waals surface area contributed by atoms with E-state index in [0.717, 1.165) is 27.6 Å². The number of aliphatic hydroxyl groups excluding tert-OH is 1. The zero-order chi connectivity index (χ0) is 14.7. The monoisotopic (exact) mass is 291 g/mol. The minimum Gasteiger partial charge on any atom is -0.487 e. The summed E-state index contributed by atoms with van der Waals surface area (Å²) in [5.41, 5.74) is 2.87. The summed E-state index contributed by atoms with van der Waals surface area (Å²) < 4.78 is 5.84. The van der Waals surface area contributed by atoms with Crippen molar-refractivity contribution in [3.05, 3.63) is 45.4 Å². The highest BCUT2D eigenvalue weighted by Gasteiger charge is 2.11. The van der Waals surface area contributed by atoms with Crippen LogP contribution >= 0.6 is 11.3 Å². The molecule has 0 spiro atoms. The molecule has 1 N–H and O–H groups in total. The van der Waals surface area contributed by atoms with Gasteiger partial charge in [-0.25, -0.2) is 4.98 Å². The van der Waals surface area contributed by atoms with Gasteiger partial charge in [-0.15, -0.1) is 11.3 Å². The van der Waals surface area contributed by atoms with E-state index in [-0.39, 0.29) is 0 Å². The van der Waals surface area contributed by atoms with Gasteiger partial charge in [0.05, 0.1) is 16.8 Å². The summed E-state index contributed by atoms with van der Waals surface area (Å²) >= 11 is 1.67. The molecule has 0 bridgehead atoms. The molecule has 0 saturated carbocycles. The summed E-state index contributed by atoms with van der Waals surface area (Å²) in [6, 6.07) is 5.85. The average molecular weight is 291 g/mol. The van der Waals surface area contributed by atoms with Crippen LogP contribution in [0.5, 0.6) is 5.75 Å². The molecular weight excluding hydrogens is 270 g/mol. The lowest BCUT2D eigenvalue weighted by Crippen LogP contribution is -2.02. The molecule has 0 aliphatic carbocycles. The minimum absolute atomic E-state index is 0.437. The first-order chi connectivity index (χ1) is 9.47. The van der Waals surface area contributed by atoms with Crippen molar-refractivity contribution >= 4 is 11.3 Å². The smallest absolute Gasteiger partial charge is 0.131 e. The summed E-state index contributed by atoms with van der Waals surface area (Å²) in [7, 11) is 0. The van der Waals surface area contributed by atoms with E-state index < -0.39 is 6.10 Å². The Morgan fingerprint density at radius 1 is 1.30 bits per heavy atom. The topological polar surface area (TPSA) is 42.4 Å². The third kappa shape index (κ3) is 3.58. The van der Waals surface area contributed by atoms with Crippen LogP contribution in [0.3, 0.4) is 0 Å². The fraction of sp³-hybridized carbons (Fsp3) is 0.438. The lowest BCUT2D eigenvalue weighted by Gasteiger charge is -2.13. The SMILES string of the molecule is Cc1ccc([C@H](C)O)c(OCc2csc(C(C)C)n2)c1. The summed E-state index contributed by atoms with van der Waals surface area (Å²) in [6.07, 6.45) is -0.535. The van der Waals surface area contributed by atoms with Crippen molar-refractivity contribution < 1.29 is 9.84 Å². The van der Waals surface area contributed by atoms with E-state index in [9.17, 15) is 5.11 Å². The van der Waals surface area contributed by atoms with Crippen molar-refractivity contribution in [2.75, 3.05) is 0 Å². The maximum atomic E-state index is 9.78. The number of aliphatic hydroxyl groups is 1. The first kappa shape index (κ1) is 15.0. The largest absolute Gasteiger partial charge is 0.487 e. The normalized spacial score (nSPS) is 12.7. The van der Waals surface area contributed by atoms with Crippen molar-refractivity contribution in [3.63, 3.8) is 0 Å². The molecule has 1 aromatic carbocycles. The van der Waals surface area contributed by atoms with E-state index in [1.165, 1.54) is 0 Å². The molecule has 1 aromatic heterocycles. The predicted molar refractivity (Wildman–Crippen MR) is 82.3 cm³/mol. The molecule has 20 heavy (non-hydrogen) atoms. The molecule has 2 aromatic rings. The Kier molecular flexibility index (Phi) is 4.78. The van der Waals surface area contributed by atoms with Crippen LogP contribution < -0.4 is 4.74 Å². The zero-order valence-electron chi connectivity index (χ0n) is 12.4. The van der Waals surface area contributed by atoms with Gasteiger partial charge >= 0.3 is 0 Å². The lowest BCUT2D eigenvalue weighted by atomic mass is 10.1. The molecule has 2 rings (SSSR count). The second-order valence-electron chi connectivity index (χ2n) is 5.34. The van der Waals surface area contributed by atoms with Crippen molar-refractivity contribution in [2.24, 2.45) is 0 Å². The van der Waals surface area contributed by atoms with Gasteiger partial charge in [-0.05, 0) is 25.5 Å². The molecule has 108 valence electrons. The summed E-state index contributed by atoms with van der Waals surface area (Å²) in [5, 5.41) is 12.9. The Morgan fingerprint density at radius 2 is 2.05 bits per heavy atom. The molecule has 4 heteroatoms. The fourth-order valence-corrected chi connectivity index (χ4v) is 2.74. The van der Waals surface area contributed by atoms with Crippen LogP contribution in [0, 0.1) is 6.92 Å². The first-order valence-electron chi connectivity index (χ1n) is 6.83. The summed E-state index contributed by atoms with van der Waals surface area (Å²) in [4.78, 5) is 4.55.